The number of nitrogens with one attached hydrogen (secondary N) is 1. The molecule has 0 unspecified atom stereocenters. The van der Waals surface area contributed by atoms with Crippen molar-refractivity contribution in [3.05, 3.63) is 0 Å². The van der Waals surface area contributed by atoms with Crippen molar-refractivity contribution < 1.29 is 0 Å². The Balaban J connectivity index is 1.88. The molecule has 2 heterocycles. The molecule has 0 amide bonds. The van der Waals surface area contributed by atoms with E-state index in [-0.39, 0.29) is 0 Å². The number of hydrogen-bond donors (Lipinski definition) is 1. The van der Waals surface area contributed by atoms with Gasteiger partial charge in [0.2, 0.25) is 0 Å². The molecule has 1 N–H and O–H groups in total. The lowest BCUT2D eigenvalue weighted by Crippen LogP contribution is -2.55. The normalized spacial score (nSPS) is 32.8. The molecule has 0 spiro atoms. The van der Waals surface area contributed by atoms with Crippen LogP contribution in [0.3, 0.4) is 0 Å². The molecule has 2 aliphatic rings. The van der Waals surface area contributed by atoms with E-state index in [1.807, 2.05) is 0 Å². The van der Waals surface area contributed by atoms with Gasteiger partial charge in [0, 0.05) is 31.7 Å². The molecule has 16 heavy (non-hydrogen) atoms. The number of rotatable bonds is 2. The first-order valence-corrected chi connectivity index (χ1v) is 6.83. The Morgan fingerprint density at radius 2 is 1.88 bits per heavy atom. The van der Waals surface area contributed by atoms with Gasteiger partial charge in [0.05, 0.1) is 0 Å². The largest absolute Gasteiger partial charge is 0.314 e. The molecule has 3 nitrogen and oxygen atoms in total. The molecule has 0 bridgehead atoms. The highest BCUT2D eigenvalue weighted by Crippen LogP contribution is 2.25. The van der Waals surface area contributed by atoms with Gasteiger partial charge in [0.25, 0.3) is 0 Å². The number of nitrogens with zero attached hydrogens (tertiary/aromatic N) is 2. The van der Waals surface area contributed by atoms with Crippen molar-refractivity contribution in [3.8, 4) is 0 Å². The summed E-state index contributed by atoms with van der Waals surface area (Å²) in [7, 11) is 2.24. The quantitative estimate of drug-likeness (QED) is 0.757. The van der Waals surface area contributed by atoms with Crippen LogP contribution in [0, 0.1) is 5.92 Å². The van der Waals surface area contributed by atoms with E-state index in [1.54, 1.807) is 0 Å². The summed E-state index contributed by atoms with van der Waals surface area (Å²) in [4.78, 5) is 5.18. The third-order valence-corrected chi connectivity index (χ3v) is 4.52. The van der Waals surface area contributed by atoms with E-state index in [2.05, 4.69) is 36.0 Å². The van der Waals surface area contributed by atoms with Gasteiger partial charge < -0.3 is 10.2 Å². The van der Waals surface area contributed by atoms with Gasteiger partial charge in [-0.3, -0.25) is 4.90 Å². The predicted octanol–water partition coefficient (Wildman–Crippen LogP) is 1.01. The average Bonchev–Trinajstić information content (AvgIpc) is 2.30. The molecule has 0 aromatic carbocycles. The van der Waals surface area contributed by atoms with Gasteiger partial charge >= 0.3 is 0 Å². The van der Waals surface area contributed by atoms with E-state index in [9.17, 15) is 0 Å². The molecule has 0 aliphatic carbocycles. The molecule has 2 saturated heterocycles. The molecule has 94 valence electrons. The Kier molecular flexibility index (Phi) is 4.22. The maximum Gasteiger partial charge on any atom is 0.0195 e. The van der Waals surface area contributed by atoms with Crippen molar-refractivity contribution in [1.29, 1.82) is 0 Å². The summed E-state index contributed by atoms with van der Waals surface area (Å²) in [6.45, 7) is 10.9. The highest BCUT2D eigenvalue weighted by atomic mass is 15.2. The zero-order valence-corrected chi connectivity index (χ0v) is 11.1. The lowest BCUT2D eigenvalue weighted by molar-refractivity contribution is 0.0626. The number of likely N-dealkylation sites (tertiary alicyclic amines) is 1. The Morgan fingerprint density at radius 3 is 2.50 bits per heavy atom. The van der Waals surface area contributed by atoms with Crippen molar-refractivity contribution in [2.24, 2.45) is 5.92 Å². The third kappa shape index (κ3) is 2.76. The predicted molar refractivity (Wildman–Crippen MR) is 68.7 cm³/mol. The fourth-order valence-corrected chi connectivity index (χ4v) is 3.24. The topological polar surface area (TPSA) is 18.5 Å². The second-order valence-electron chi connectivity index (χ2n) is 5.67. The summed E-state index contributed by atoms with van der Waals surface area (Å²) in [6, 6.07) is 1.48. The first-order chi connectivity index (χ1) is 7.68. The van der Waals surface area contributed by atoms with E-state index >= 15 is 0 Å². The maximum atomic E-state index is 3.48. The van der Waals surface area contributed by atoms with E-state index in [4.69, 9.17) is 0 Å². The zero-order valence-electron chi connectivity index (χ0n) is 11.1. The van der Waals surface area contributed by atoms with Crippen LogP contribution in [-0.2, 0) is 0 Å². The average molecular weight is 225 g/mol. The minimum absolute atomic E-state index is 0.711. The van der Waals surface area contributed by atoms with Crippen molar-refractivity contribution in [3.63, 3.8) is 0 Å². The van der Waals surface area contributed by atoms with Crippen LogP contribution < -0.4 is 5.32 Å². The summed E-state index contributed by atoms with van der Waals surface area (Å²) < 4.78 is 0. The molecule has 2 aliphatic heterocycles. The van der Waals surface area contributed by atoms with Gasteiger partial charge in [-0.05, 0) is 52.7 Å². The summed E-state index contributed by atoms with van der Waals surface area (Å²) in [5, 5.41) is 3.48. The number of piperazine rings is 1. The highest BCUT2D eigenvalue weighted by molar-refractivity contribution is 4.86. The lowest BCUT2D eigenvalue weighted by atomic mass is 9.88. The van der Waals surface area contributed by atoms with Crippen molar-refractivity contribution >= 4 is 0 Å². The zero-order chi connectivity index (χ0) is 11.5. The van der Waals surface area contributed by atoms with Crippen LogP contribution in [0.2, 0.25) is 0 Å². The standard InChI is InChI=1S/C13H27N3/c1-11-10-14-6-9-16(11)12(2)13-4-7-15(3)8-5-13/h11-14H,4-10H2,1-3H3/t11-,12-/m0/s1. The molecular formula is C13H27N3. The summed E-state index contributed by atoms with van der Waals surface area (Å²) in [5.41, 5.74) is 0. The highest BCUT2D eigenvalue weighted by Gasteiger charge is 2.30. The van der Waals surface area contributed by atoms with Gasteiger partial charge in [0.15, 0.2) is 0 Å². The minimum Gasteiger partial charge on any atom is -0.314 e. The van der Waals surface area contributed by atoms with Crippen molar-refractivity contribution in [2.45, 2.75) is 38.8 Å². The monoisotopic (exact) mass is 225 g/mol. The lowest BCUT2D eigenvalue weighted by Gasteiger charge is -2.43. The molecule has 2 rings (SSSR count). The van der Waals surface area contributed by atoms with Crippen LogP contribution in [-0.4, -0.2) is 61.7 Å². The molecule has 0 saturated carbocycles. The van der Waals surface area contributed by atoms with Gasteiger partial charge in [-0.1, -0.05) is 0 Å². The number of hydrogen-bond acceptors (Lipinski definition) is 3. The van der Waals surface area contributed by atoms with Crippen LogP contribution in [0.1, 0.15) is 26.7 Å². The summed E-state index contributed by atoms with van der Waals surface area (Å²) in [6.07, 6.45) is 2.77. The molecule has 0 radical (unpaired) electrons. The second-order valence-corrected chi connectivity index (χ2v) is 5.67. The van der Waals surface area contributed by atoms with Crippen molar-refractivity contribution in [2.75, 3.05) is 39.8 Å². The van der Waals surface area contributed by atoms with Crippen LogP contribution >= 0.6 is 0 Å². The van der Waals surface area contributed by atoms with Crippen LogP contribution in [0.25, 0.3) is 0 Å². The molecular weight excluding hydrogens is 198 g/mol. The Bertz CT molecular complexity index is 211. The van der Waals surface area contributed by atoms with E-state index < -0.39 is 0 Å². The Morgan fingerprint density at radius 1 is 1.19 bits per heavy atom. The van der Waals surface area contributed by atoms with Crippen LogP contribution in [0.15, 0.2) is 0 Å². The molecule has 0 aromatic rings. The summed E-state index contributed by atoms with van der Waals surface area (Å²) in [5.74, 6) is 0.914. The van der Waals surface area contributed by atoms with Gasteiger partial charge in [0.1, 0.15) is 0 Å². The fourth-order valence-electron chi connectivity index (χ4n) is 3.24. The van der Waals surface area contributed by atoms with Crippen molar-refractivity contribution in [1.82, 2.24) is 15.1 Å². The maximum absolute atomic E-state index is 3.48. The first-order valence-electron chi connectivity index (χ1n) is 6.83. The molecule has 0 aromatic heterocycles. The fraction of sp³-hybridized carbons (Fsp3) is 1.00. The van der Waals surface area contributed by atoms with Gasteiger partial charge in [-0.25, -0.2) is 0 Å². The summed E-state index contributed by atoms with van der Waals surface area (Å²) >= 11 is 0. The van der Waals surface area contributed by atoms with Crippen LogP contribution in [0.4, 0.5) is 0 Å². The van der Waals surface area contributed by atoms with Crippen LogP contribution in [0.5, 0.6) is 0 Å². The SMILES string of the molecule is C[C@H]1CNCCN1[C@@H](C)C1CCN(C)CC1. The van der Waals surface area contributed by atoms with Gasteiger partial charge in [-0.2, -0.15) is 0 Å². The number of piperidine rings is 1. The first kappa shape index (κ1) is 12.3. The van der Waals surface area contributed by atoms with E-state index in [0.717, 1.165) is 18.5 Å². The molecule has 3 heteroatoms. The smallest absolute Gasteiger partial charge is 0.0195 e. The molecule has 2 fully saturated rings. The van der Waals surface area contributed by atoms with E-state index in [0.29, 0.717) is 6.04 Å². The molecule has 2 atom stereocenters. The third-order valence-electron chi connectivity index (χ3n) is 4.52. The Labute approximate surface area is 100 Å². The second kappa shape index (κ2) is 5.48. The minimum atomic E-state index is 0.711. The Hall–Kier alpha value is -0.120. The van der Waals surface area contributed by atoms with Gasteiger partial charge in [-0.15, -0.1) is 0 Å². The van der Waals surface area contributed by atoms with E-state index in [1.165, 1.54) is 39.0 Å².